The summed E-state index contributed by atoms with van der Waals surface area (Å²) in [7, 11) is 1.55. The molecule has 2 atom stereocenters. The number of alkyl carbamates (subject to hydrolysis) is 1. The molecule has 178 valence electrons. The van der Waals surface area contributed by atoms with Gasteiger partial charge in [-0.2, -0.15) is 0 Å². The van der Waals surface area contributed by atoms with Crippen LogP contribution in [0.1, 0.15) is 25.3 Å². The van der Waals surface area contributed by atoms with E-state index in [0.717, 1.165) is 0 Å². The van der Waals surface area contributed by atoms with Gasteiger partial charge in [-0.25, -0.2) is 4.79 Å². The van der Waals surface area contributed by atoms with Crippen molar-refractivity contribution in [3.8, 4) is 0 Å². The van der Waals surface area contributed by atoms with Crippen LogP contribution in [0.4, 0.5) is 4.79 Å². The van der Waals surface area contributed by atoms with Crippen molar-refractivity contribution in [3.63, 3.8) is 0 Å². The first-order chi connectivity index (χ1) is 15.3. The number of carbonyl (C=O) groups is 4. The number of ether oxygens (including phenoxy) is 3. The molecule has 0 aliphatic carbocycles. The van der Waals surface area contributed by atoms with Crippen LogP contribution in [-0.2, 0) is 41.4 Å². The number of carbonyl (C=O) groups excluding carboxylic acids is 4. The minimum absolute atomic E-state index is 0.00873. The Morgan fingerprint density at radius 1 is 1.22 bits per heavy atom. The minimum atomic E-state index is -1.19. The van der Waals surface area contributed by atoms with Crippen LogP contribution in [-0.4, -0.2) is 86.2 Å². The average molecular weight is 455 g/mol. The van der Waals surface area contributed by atoms with Crippen LogP contribution >= 0.6 is 0 Å². The van der Waals surface area contributed by atoms with E-state index < -0.39 is 35.8 Å². The van der Waals surface area contributed by atoms with Gasteiger partial charge in [0.15, 0.2) is 5.76 Å². The average Bonchev–Trinajstić information content (AvgIpc) is 3.20. The van der Waals surface area contributed by atoms with Gasteiger partial charge in [0.05, 0.1) is 19.8 Å². The van der Waals surface area contributed by atoms with E-state index in [2.05, 4.69) is 26.3 Å². The van der Waals surface area contributed by atoms with Crippen molar-refractivity contribution in [2.45, 2.75) is 38.8 Å². The number of hydrogen-bond donors (Lipinski definition) is 3. The smallest absolute Gasteiger partial charge is 0.407 e. The van der Waals surface area contributed by atoms with E-state index >= 15 is 0 Å². The molecule has 0 saturated heterocycles. The van der Waals surface area contributed by atoms with E-state index in [1.807, 2.05) is 0 Å². The Balaban J connectivity index is 1.97. The van der Waals surface area contributed by atoms with Crippen LogP contribution < -0.4 is 16.0 Å². The lowest BCUT2D eigenvalue weighted by Gasteiger charge is -2.24. The highest BCUT2D eigenvalue weighted by Gasteiger charge is 2.34. The fraction of sp³-hybridized carbons (Fsp3) is 0.684. The van der Waals surface area contributed by atoms with Crippen molar-refractivity contribution < 1.29 is 37.9 Å². The second-order valence-corrected chi connectivity index (χ2v) is 7.39. The predicted molar refractivity (Wildman–Crippen MR) is 107 cm³/mol. The maximum absolute atomic E-state index is 12.9. The zero-order valence-corrected chi connectivity index (χ0v) is 18.3. The van der Waals surface area contributed by atoms with E-state index in [9.17, 15) is 19.2 Å². The molecule has 0 spiro atoms. The van der Waals surface area contributed by atoms with Crippen LogP contribution in [0, 0.1) is 5.92 Å². The largest absolute Gasteiger partial charge is 0.447 e. The van der Waals surface area contributed by atoms with Crippen LogP contribution in [0.15, 0.2) is 4.52 Å². The molecule has 0 radical (unpaired) electrons. The van der Waals surface area contributed by atoms with Gasteiger partial charge in [-0.3, -0.25) is 14.4 Å². The zero-order valence-electron chi connectivity index (χ0n) is 18.3. The molecule has 2 heterocycles. The molecule has 3 amide bonds. The van der Waals surface area contributed by atoms with Crippen molar-refractivity contribution in [3.05, 3.63) is 11.5 Å². The number of hydrogen-bond acceptors (Lipinski definition) is 10. The van der Waals surface area contributed by atoms with Gasteiger partial charge in [-0.05, 0) is 5.92 Å². The van der Waals surface area contributed by atoms with E-state index in [-0.39, 0.29) is 32.1 Å². The van der Waals surface area contributed by atoms with Crippen molar-refractivity contribution in [2.24, 2.45) is 5.92 Å². The normalized spacial score (nSPS) is 17.4. The van der Waals surface area contributed by atoms with Gasteiger partial charge in [-0.15, -0.1) is 5.10 Å². The van der Waals surface area contributed by atoms with Crippen LogP contribution in [0.5, 0.6) is 0 Å². The molecular formula is C19H29N5O8. The van der Waals surface area contributed by atoms with Gasteiger partial charge in [0.2, 0.25) is 11.7 Å². The summed E-state index contributed by atoms with van der Waals surface area (Å²) in [5.74, 6) is -2.20. The maximum Gasteiger partial charge on any atom is 0.407 e. The number of fused-ring (bicyclic) bond motifs is 1. The number of ketones is 1. The Bertz CT molecular complexity index is 796. The number of methoxy groups -OCH3 is 1. The molecule has 3 N–H and O–H groups in total. The first kappa shape index (κ1) is 25.2. The number of Topliss-reactive ketones (excluding diaryl/α,β-unsaturated/α-hetero) is 1. The summed E-state index contributed by atoms with van der Waals surface area (Å²) in [6.45, 7) is 4.56. The molecule has 32 heavy (non-hydrogen) atoms. The van der Waals surface area contributed by atoms with E-state index in [0.29, 0.717) is 31.1 Å². The van der Waals surface area contributed by atoms with Gasteiger partial charge in [0.25, 0.3) is 5.91 Å². The predicted octanol–water partition coefficient (Wildman–Crippen LogP) is -1.25. The van der Waals surface area contributed by atoms with Gasteiger partial charge in [-0.1, -0.05) is 13.8 Å². The van der Waals surface area contributed by atoms with Crippen LogP contribution in [0.2, 0.25) is 0 Å². The lowest BCUT2D eigenvalue weighted by molar-refractivity contribution is -0.140. The molecule has 1 aliphatic rings. The third-order valence-corrected chi connectivity index (χ3v) is 4.64. The van der Waals surface area contributed by atoms with E-state index in [1.54, 1.807) is 21.0 Å². The SMILES string of the molecule is COCCOCCOC(=O)NC(C(=O)NC1Cc2nnoc2CCNC(=O)C1=O)C(C)C. The van der Waals surface area contributed by atoms with Crippen molar-refractivity contribution in [1.82, 2.24) is 26.3 Å². The van der Waals surface area contributed by atoms with Crippen molar-refractivity contribution in [2.75, 3.05) is 40.1 Å². The Labute approximate surface area is 184 Å². The number of amides is 3. The zero-order chi connectivity index (χ0) is 23.5. The van der Waals surface area contributed by atoms with Gasteiger partial charge in [0, 0.05) is 31.8 Å². The maximum atomic E-state index is 12.9. The number of nitrogens with one attached hydrogen (secondary N) is 3. The van der Waals surface area contributed by atoms with Crippen LogP contribution in [0.3, 0.4) is 0 Å². The topological polar surface area (TPSA) is 171 Å². The fourth-order valence-corrected chi connectivity index (χ4v) is 2.91. The number of nitrogens with zero attached hydrogens (tertiary/aromatic N) is 2. The summed E-state index contributed by atoms with van der Waals surface area (Å²) in [6.07, 6.45) is -0.555. The monoisotopic (exact) mass is 455 g/mol. The molecule has 1 aliphatic heterocycles. The van der Waals surface area contributed by atoms with Gasteiger partial charge >= 0.3 is 6.09 Å². The van der Waals surface area contributed by atoms with Crippen LogP contribution in [0.25, 0.3) is 0 Å². The quantitative estimate of drug-likeness (QED) is 0.286. The Morgan fingerprint density at radius 3 is 2.69 bits per heavy atom. The second-order valence-electron chi connectivity index (χ2n) is 7.39. The number of rotatable bonds is 10. The summed E-state index contributed by atoms with van der Waals surface area (Å²) >= 11 is 0. The summed E-state index contributed by atoms with van der Waals surface area (Å²) in [4.78, 5) is 49.6. The molecule has 0 fully saturated rings. The highest BCUT2D eigenvalue weighted by Crippen LogP contribution is 2.12. The second kappa shape index (κ2) is 12.7. The van der Waals surface area contributed by atoms with E-state index in [4.69, 9.17) is 18.7 Å². The number of aromatic nitrogens is 2. The van der Waals surface area contributed by atoms with Gasteiger partial charge < -0.3 is 34.7 Å². The summed E-state index contributed by atoms with van der Waals surface area (Å²) in [5.41, 5.74) is 0.377. The summed E-state index contributed by atoms with van der Waals surface area (Å²) in [6, 6.07) is -2.20. The molecule has 0 saturated carbocycles. The highest BCUT2D eigenvalue weighted by atomic mass is 16.6. The first-order valence-corrected chi connectivity index (χ1v) is 10.3. The van der Waals surface area contributed by atoms with Crippen molar-refractivity contribution in [1.29, 1.82) is 0 Å². The molecule has 1 aromatic rings. The van der Waals surface area contributed by atoms with Crippen molar-refractivity contribution >= 4 is 23.7 Å². The Kier molecular flexibility index (Phi) is 10.0. The lowest BCUT2D eigenvalue weighted by atomic mass is 10.0. The van der Waals surface area contributed by atoms with Gasteiger partial charge in [0.1, 0.15) is 24.4 Å². The lowest BCUT2D eigenvalue weighted by Crippen LogP contribution is -2.56. The third kappa shape index (κ3) is 7.57. The molecule has 13 nitrogen and oxygen atoms in total. The molecule has 2 unspecified atom stereocenters. The Morgan fingerprint density at radius 2 is 1.97 bits per heavy atom. The minimum Gasteiger partial charge on any atom is -0.447 e. The third-order valence-electron chi connectivity index (χ3n) is 4.64. The fourth-order valence-electron chi connectivity index (χ4n) is 2.91. The Hall–Kier alpha value is -3.06. The highest BCUT2D eigenvalue weighted by molar-refractivity contribution is 6.38. The molecular weight excluding hydrogens is 426 g/mol. The standard InChI is InChI=1S/C19H29N5O8/c1-11(2)15(22-19(28)31-9-8-30-7-6-29-3)17(26)21-13-10-12-14(32-24-23-12)4-5-20-18(27)16(13)25/h11,13,15H,4-10H2,1-3H3,(H,20,27)(H,21,26)(H,22,28). The summed E-state index contributed by atoms with van der Waals surface area (Å²) < 4.78 is 20.1. The summed E-state index contributed by atoms with van der Waals surface area (Å²) in [5, 5.41) is 14.8. The van der Waals surface area contributed by atoms with E-state index in [1.165, 1.54) is 0 Å². The molecule has 0 aromatic carbocycles. The first-order valence-electron chi connectivity index (χ1n) is 10.3. The molecule has 13 heteroatoms. The molecule has 2 rings (SSSR count). The molecule has 1 aromatic heterocycles. The molecule has 0 bridgehead atoms.